The third-order valence-corrected chi connectivity index (χ3v) is 3.93. The molecule has 1 aromatic rings. The Morgan fingerprint density at radius 1 is 1.42 bits per heavy atom. The molecule has 0 aliphatic carbocycles. The number of benzene rings is 1. The molecule has 1 aliphatic rings. The van der Waals surface area contributed by atoms with E-state index in [-0.39, 0.29) is 23.2 Å². The van der Waals surface area contributed by atoms with Crippen molar-refractivity contribution in [3.63, 3.8) is 0 Å². The molecule has 1 aliphatic heterocycles. The van der Waals surface area contributed by atoms with Gasteiger partial charge in [-0.3, -0.25) is 4.79 Å². The van der Waals surface area contributed by atoms with Crippen LogP contribution in [0.25, 0.3) is 0 Å². The van der Waals surface area contributed by atoms with Gasteiger partial charge in [-0.2, -0.15) is 0 Å². The molecule has 0 radical (unpaired) electrons. The second-order valence-electron chi connectivity index (χ2n) is 6.00. The fourth-order valence-corrected chi connectivity index (χ4v) is 2.48. The minimum absolute atomic E-state index is 0.0449. The lowest BCUT2D eigenvalue weighted by atomic mass is 9.79. The van der Waals surface area contributed by atoms with Crippen LogP contribution in [0.5, 0.6) is 0 Å². The number of carbonyl (C=O) groups is 1. The van der Waals surface area contributed by atoms with E-state index in [2.05, 4.69) is 13.8 Å². The zero-order chi connectivity index (χ0) is 14.0. The first kappa shape index (κ1) is 14.0. The number of nitrogens with two attached hydrogens (primary N) is 1. The molecule has 1 aromatic carbocycles. The van der Waals surface area contributed by atoms with Gasteiger partial charge in [0.2, 0.25) is 5.91 Å². The first-order valence-electron chi connectivity index (χ1n) is 6.66. The van der Waals surface area contributed by atoms with E-state index in [4.69, 9.17) is 5.73 Å². The highest BCUT2D eigenvalue weighted by molar-refractivity contribution is 5.79. The molecule has 1 amide bonds. The lowest BCUT2D eigenvalue weighted by Gasteiger charge is -2.42. The summed E-state index contributed by atoms with van der Waals surface area (Å²) in [4.78, 5) is 14.1. The summed E-state index contributed by atoms with van der Waals surface area (Å²) in [6.07, 6.45) is 1.16. The number of amides is 1. The Labute approximate surface area is 113 Å². The van der Waals surface area contributed by atoms with Crippen molar-refractivity contribution >= 4 is 5.91 Å². The van der Waals surface area contributed by atoms with Crippen molar-refractivity contribution < 1.29 is 9.18 Å². The number of nitrogens with zero attached hydrogens (tertiary/aromatic N) is 1. The van der Waals surface area contributed by atoms with Crippen LogP contribution in [0.4, 0.5) is 4.39 Å². The minimum atomic E-state index is -0.277. The molecule has 104 valence electrons. The van der Waals surface area contributed by atoms with Gasteiger partial charge in [0, 0.05) is 19.1 Å². The zero-order valence-electron chi connectivity index (χ0n) is 11.5. The Morgan fingerprint density at radius 3 is 2.63 bits per heavy atom. The summed E-state index contributed by atoms with van der Waals surface area (Å²) in [5, 5.41) is 0. The van der Waals surface area contributed by atoms with Crippen LogP contribution in [0.1, 0.15) is 25.8 Å². The predicted molar refractivity (Wildman–Crippen MR) is 73.1 cm³/mol. The summed E-state index contributed by atoms with van der Waals surface area (Å²) >= 11 is 0. The van der Waals surface area contributed by atoms with E-state index in [0.717, 1.165) is 12.0 Å². The van der Waals surface area contributed by atoms with Gasteiger partial charge >= 0.3 is 0 Å². The quantitative estimate of drug-likeness (QED) is 0.887. The van der Waals surface area contributed by atoms with E-state index in [1.807, 2.05) is 4.90 Å². The van der Waals surface area contributed by atoms with Crippen LogP contribution in [0.15, 0.2) is 24.3 Å². The smallest absolute Gasteiger partial charge is 0.227 e. The molecule has 1 atom stereocenters. The highest BCUT2D eigenvalue weighted by Gasteiger charge is 2.35. The monoisotopic (exact) mass is 264 g/mol. The number of hydrogen-bond donors (Lipinski definition) is 1. The number of likely N-dealkylation sites (tertiary alicyclic amines) is 1. The van der Waals surface area contributed by atoms with Crippen molar-refractivity contribution in [3.05, 3.63) is 35.6 Å². The van der Waals surface area contributed by atoms with Crippen molar-refractivity contribution in [1.82, 2.24) is 4.90 Å². The van der Waals surface area contributed by atoms with Gasteiger partial charge < -0.3 is 10.6 Å². The van der Waals surface area contributed by atoms with E-state index >= 15 is 0 Å². The molecule has 2 N–H and O–H groups in total. The van der Waals surface area contributed by atoms with Crippen LogP contribution >= 0.6 is 0 Å². The van der Waals surface area contributed by atoms with Gasteiger partial charge in [-0.15, -0.1) is 0 Å². The maximum absolute atomic E-state index is 12.8. The van der Waals surface area contributed by atoms with E-state index in [1.54, 1.807) is 12.1 Å². The van der Waals surface area contributed by atoms with E-state index in [1.165, 1.54) is 12.1 Å². The van der Waals surface area contributed by atoms with E-state index in [9.17, 15) is 9.18 Å². The minimum Gasteiger partial charge on any atom is -0.342 e. The highest BCUT2D eigenvalue weighted by Crippen LogP contribution is 2.28. The maximum Gasteiger partial charge on any atom is 0.227 e. The molecule has 19 heavy (non-hydrogen) atoms. The number of piperidine rings is 1. The number of carbonyl (C=O) groups excluding carboxylic acids is 1. The first-order valence-corrected chi connectivity index (χ1v) is 6.66. The summed E-state index contributed by atoms with van der Waals surface area (Å²) < 4.78 is 12.8. The Hall–Kier alpha value is -1.42. The van der Waals surface area contributed by atoms with Crippen LogP contribution in [0, 0.1) is 11.2 Å². The van der Waals surface area contributed by atoms with Crippen LogP contribution in [0.3, 0.4) is 0 Å². The lowest BCUT2D eigenvalue weighted by Crippen LogP contribution is -2.54. The van der Waals surface area contributed by atoms with Gasteiger partial charge in [0.15, 0.2) is 0 Å². The fourth-order valence-electron chi connectivity index (χ4n) is 2.48. The molecule has 1 fully saturated rings. The standard InChI is InChI=1S/C15H21FN2O/c1-15(2)10-18(8-7-13(15)17)14(19)9-11-3-5-12(16)6-4-11/h3-6,13H,7-10,17H2,1-2H3. The average Bonchev–Trinajstić information content (AvgIpc) is 2.35. The van der Waals surface area contributed by atoms with Crippen molar-refractivity contribution in [2.24, 2.45) is 11.1 Å². The molecule has 0 bridgehead atoms. The van der Waals surface area contributed by atoms with Crippen molar-refractivity contribution in [2.75, 3.05) is 13.1 Å². The zero-order valence-corrected chi connectivity index (χ0v) is 11.5. The second-order valence-corrected chi connectivity index (χ2v) is 6.00. The van der Waals surface area contributed by atoms with E-state index in [0.29, 0.717) is 19.5 Å². The molecule has 0 spiro atoms. The third-order valence-electron chi connectivity index (χ3n) is 3.93. The van der Waals surface area contributed by atoms with Gasteiger partial charge in [-0.1, -0.05) is 26.0 Å². The summed E-state index contributed by atoms with van der Waals surface area (Å²) in [6.45, 7) is 5.59. The number of halogens is 1. The number of hydrogen-bond acceptors (Lipinski definition) is 2. The SMILES string of the molecule is CC1(C)CN(C(=O)Cc2ccc(F)cc2)CCC1N. The van der Waals surface area contributed by atoms with Gasteiger partial charge in [-0.25, -0.2) is 4.39 Å². The first-order chi connectivity index (χ1) is 8.88. The molecule has 1 heterocycles. The Balaban J connectivity index is 1.99. The Morgan fingerprint density at radius 2 is 2.05 bits per heavy atom. The van der Waals surface area contributed by atoms with Gasteiger partial charge in [0.05, 0.1) is 6.42 Å². The Bertz CT molecular complexity index is 456. The summed E-state index contributed by atoms with van der Waals surface area (Å²) in [5.74, 6) is -0.187. The maximum atomic E-state index is 12.8. The third kappa shape index (κ3) is 3.32. The van der Waals surface area contributed by atoms with Crippen molar-refractivity contribution in [3.8, 4) is 0 Å². The van der Waals surface area contributed by atoms with Crippen LogP contribution in [-0.2, 0) is 11.2 Å². The van der Waals surface area contributed by atoms with Crippen LogP contribution in [-0.4, -0.2) is 29.9 Å². The molecule has 2 rings (SSSR count). The summed E-state index contributed by atoms with van der Waals surface area (Å²) in [5.41, 5.74) is 6.87. The van der Waals surface area contributed by atoms with Crippen molar-refractivity contribution in [2.45, 2.75) is 32.7 Å². The van der Waals surface area contributed by atoms with Crippen LogP contribution in [0.2, 0.25) is 0 Å². The van der Waals surface area contributed by atoms with Crippen molar-refractivity contribution in [1.29, 1.82) is 0 Å². The second kappa shape index (κ2) is 5.29. The molecule has 4 heteroatoms. The van der Waals surface area contributed by atoms with E-state index < -0.39 is 0 Å². The fraction of sp³-hybridized carbons (Fsp3) is 0.533. The molecule has 0 saturated carbocycles. The lowest BCUT2D eigenvalue weighted by molar-refractivity contribution is -0.133. The summed E-state index contributed by atoms with van der Waals surface area (Å²) in [6, 6.07) is 6.24. The average molecular weight is 264 g/mol. The molecular weight excluding hydrogens is 243 g/mol. The normalized spacial score (nSPS) is 22.3. The highest BCUT2D eigenvalue weighted by atomic mass is 19.1. The summed E-state index contributed by atoms with van der Waals surface area (Å²) in [7, 11) is 0. The van der Waals surface area contributed by atoms with Gasteiger partial charge in [0.25, 0.3) is 0 Å². The Kier molecular flexibility index (Phi) is 3.90. The topological polar surface area (TPSA) is 46.3 Å². The molecule has 1 unspecified atom stereocenters. The predicted octanol–water partition coefficient (Wildman–Crippen LogP) is 1.95. The van der Waals surface area contributed by atoms with Crippen LogP contribution < -0.4 is 5.73 Å². The molecule has 3 nitrogen and oxygen atoms in total. The molecule has 1 saturated heterocycles. The van der Waals surface area contributed by atoms with Gasteiger partial charge in [-0.05, 0) is 29.5 Å². The molecule has 0 aromatic heterocycles. The largest absolute Gasteiger partial charge is 0.342 e. The molecular formula is C15H21FN2O. The van der Waals surface area contributed by atoms with Gasteiger partial charge in [0.1, 0.15) is 5.82 Å². The number of rotatable bonds is 2.